The van der Waals surface area contributed by atoms with Gasteiger partial charge in [0, 0.05) is 42.0 Å². The molecule has 0 saturated carbocycles. The lowest BCUT2D eigenvalue weighted by Gasteiger charge is -2.17. The van der Waals surface area contributed by atoms with Crippen molar-refractivity contribution in [1.29, 1.82) is 0 Å². The Morgan fingerprint density at radius 2 is 1.74 bits per heavy atom. The van der Waals surface area contributed by atoms with Crippen LogP contribution in [0, 0.1) is 0 Å². The fourth-order valence-corrected chi connectivity index (χ4v) is 3.03. The largest absolute Gasteiger partial charge is 0.333 e. The molecule has 0 radical (unpaired) electrons. The third-order valence-electron chi connectivity index (χ3n) is 4.04. The van der Waals surface area contributed by atoms with Crippen molar-refractivity contribution in [1.82, 2.24) is 5.32 Å². The molecule has 1 aliphatic heterocycles. The van der Waals surface area contributed by atoms with E-state index in [0.717, 1.165) is 5.69 Å². The zero-order chi connectivity index (χ0) is 19.4. The van der Waals surface area contributed by atoms with Gasteiger partial charge in [0.15, 0.2) is 0 Å². The van der Waals surface area contributed by atoms with E-state index in [0.29, 0.717) is 22.9 Å². The summed E-state index contributed by atoms with van der Waals surface area (Å²) in [4.78, 5) is 37.2. The number of carbonyl (C=O) groups is 3. The summed E-state index contributed by atoms with van der Waals surface area (Å²) in [5.41, 5.74) is 1.88. The molecule has 0 aliphatic carbocycles. The highest BCUT2D eigenvalue weighted by Gasteiger charge is 2.31. The van der Waals surface area contributed by atoms with E-state index in [9.17, 15) is 14.4 Å². The molecule has 0 bridgehead atoms. The highest BCUT2D eigenvalue weighted by Crippen LogP contribution is 2.23. The molecule has 1 aliphatic rings. The van der Waals surface area contributed by atoms with Crippen molar-refractivity contribution in [3.8, 4) is 0 Å². The van der Waals surface area contributed by atoms with Crippen molar-refractivity contribution in [2.45, 2.75) is 19.4 Å². The maximum Gasteiger partial charge on any atom is 0.319 e. The second-order valence-electron chi connectivity index (χ2n) is 6.24. The SMILES string of the molecule is CC(=O)Nc1cccc(NC(=O)NC2CC(=O)N(c3ccc(Cl)cc3)C2)c1. The zero-order valence-corrected chi connectivity index (χ0v) is 15.4. The van der Waals surface area contributed by atoms with Gasteiger partial charge >= 0.3 is 6.03 Å². The fourth-order valence-electron chi connectivity index (χ4n) is 2.91. The summed E-state index contributed by atoms with van der Waals surface area (Å²) in [5.74, 6) is -0.251. The molecule has 1 heterocycles. The topological polar surface area (TPSA) is 90.5 Å². The Kier molecular flexibility index (Phi) is 5.61. The highest BCUT2D eigenvalue weighted by atomic mass is 35.5. The number of amides is 4. The van der Waals surface area contributed by atoms with Gasteiger partial charge in [0.1, 0.15) is 0 Å². The predicted molar refractivity (Wildman–Crippen MR) is 105 cm³/mol. The number of carbonyl (C=O) groups excluding carboxylic acids is 3. The summed E-state index contributed by atoms with van der Waals surface area (Å²) in [6.07, 6.45) is 0.224. The van der Waals surface area contributed by atoms with Crippen LogP contribution in [0.4, 0.5) is 21.9 Å². The smallest absolute Gasteiger partial charge is 0.319 e. The normalized spacial score (nSPS) is 16.1. The molecule has 1 saturated heterocycles. The van der Waals surface area contributed by atoms with Gasteiger partial charge in [-0.3, -0.25) is 9.59 Å². The molecule has 1 atom stereocenters. The summed E-state index contributed by atoms with van der Waals surface area (Å²) in [7, 11) is 0. The average molecular weight is 387 g/mol. The molecule has 0 aromatic heterocycles. The quantitative estimate of drug-likeness (QED) is 0.753. The number of urea groups is 1. The highest BCUT2D eigenvalue weighted by molar-refractivity contribution is 6.30. The first-order valence-corrected chi connectivity index (χ1v) is 8.79. The first-order chi connectivity index (χ1) is 12.9. The Labute approximate surface area is 161 Å². The predicted octanol–water partition coefficient (Wildman–Crippen LogP) is 3.23. The first-order valence-electron chi connectivity index (χ1n) is 8.42. The summed E-state index contributed by atoms with van der Waals surface area (Å²) >= 11 is 5.88. The Balaban J connectivity index is 1.58. The molecular formula is C19H19ClN4O3. The molecule has 140 valence electrons. The maximum absolute atomic E-state index is 12.2. The van der Waals surface area contributed by atoms with E-state index in [4.69, 9.17) is 11.6 Å². The lowest BCUT2D eigenvalue weighted by Crippen LogP contribution is -2.39. The van der Waals surface area contributed by atoms with Crippen molar-refractivity contribution in [2.75, 3.05) is 22.1 Å². The van der Waals surface area contributed by atoms with Crippen LogP contribution in [0.5, 0.6) is 0 Å². The Morgan fingerprint density at radius 1 is 1.07 bits per heavy atom. The minimum Gasteiger partial charge on any atom is -0.333 e. The second kappa shape index (κ2) is 8.09. The molecule has 3 N–H and O–H groups in total. The molecule has 3 rings (SSSR count). The van der Waals surface area contributed by atoms with Gasteiger partial charge in [-0.15, -0.1) is 0 Å². The van der Waals surface area contributed by atoms with Crippen molar-refractivity contribution in [3.63, 3.8) is 0 Å². The first kappa shape index (κ1) is 18.7. The van der Waals surface area contributed by atoms with Crippen LogP contribution in [0.2, 0.25) is 5.02 Å². The van der Waals surface area contributed by atoms with E-state index >= 15 is 0 Å². The summed E-state index contributed by atoms with van der Waals surface area (Å²) in [5, 5.41) is 8.77. The minimum absolute atomic E-state index is 0.0599. The third kappa shape index (κ3) is 4.98. The van der Waals surface area contributed by atoms with Gasteiger partial charge in [-0.05, 0) is 42.5 Å². The molecule has 8 heteroatoms. The van der Waals surface area contributed by atoms with Crippen LogP contribution in [0.15, 0.2) is 48.5 Å². The van der Waals surface area contributed by atoms with Crippen LogP contribution in [0.25, 0.3) is 0 Å². The van der Waals surface area contributed by atoms with E-state index < -0.39 is 6.03 Å². The number of hydrogen-bond acceptors (Lipinski definition) is 3. The lowest BCUT2D eigenvalue weighted by atomic mass is 10.2. The van der Waals surface area contributed by atoms with Gasteiger partial charge in [0.25, 0.3) is 0 Å². The van der Waals surface area contributed by atoms with Crippen molar-refractivity contribution in [2.24, 2.45) is 0 Å². The van der Waals surface area contributed by atoms with Gasteiger partial charge in [-0.1, -0.05) is 17.7 Å². The number of halogens is 1. The molecular weight excluding hydrogens is 368 g/mol. The lowest BCUT2D eigenvalue weighted by molar-refractivity contribution is -0.117. The number of hydrogen-bond donors (Lipinski definition) is 3. The maximum atomic E-state index is 12.2. The van der Waals surface area contributed by atoms with Gasteiger partial charge in [0.05, 0.1) is 6.04 Å². The van der Waals surface area contributed by atoms with Crippen molar-refractivity contribution >= 4 is 46.5 Å². The Hall–Kier alpha value is -3.06. The van der Waals surface area contributed by atoms with Crippen LogP contribution < -0.4 is 20.9 Å². The Morgan fingerprint density at radius 3 is 2.41 bits per heavy atom. The Bertz CT molecular complexity index is 870. The van der Waals surface area contributed by atoms with Gasteiger partial charge in [-0.2, -0.15) is 0 Å². The molecule has 1 fully saturated rings. The summed E-state index contributed by atoms with van der Waals surface area (Å²) in [6.45, 7) is 1.80. The molecule has 7 nitrogen and oxygen atoms in total. The van der Waals surface area contributed by atoms with Crippen molar-refractivity contribution in [3.05, 3.63) is 53.6 Å². The molecule has 27 heavy (non-hydrogen) atoms. The van der Waals surface area contributed by atoms with Gasteiger partial charge in [-0.25, -0.2) is 4.79 Å². The van der Waals surface area contributed by atoms with E-state index in [1.807, 2.05) is 0 Å². The summed E-state index contributed by atoms with van der Waals surface area (Å²) < 4.78 is 0. The van der Waals surface area contributed by atoms with E-state index in [2.05, 4.69) is 16.0 Å². The van der Waals surface area contributed by atoms with E-state index in [-0.39, 0.29) is 24.3 Å². The number of nitrogens with zero attached hydrogens (tertiary/aromatic N) is 1. The zero-order valence-electron chi connectivity index (χ0n) is 14.7. The molecule has 2 aromatic rings. The number of rotatable bonds is 4. The second-order valence-corrected chi connectivity index (χ2v) is 6.68. The van der Waals surface area contributed by atoms with E-state index in [1.165, 1.54) is 6.92 Å². The van der Waals surface area contributed by atoms with Crippen LogP contribution in [-0.4, -0.2) is 30.4 Å². The van der Waals surface area contributed by atoms with Crippen LogP contribution in [0.3, 0.4) is 0 Å². The molecule has 0 spiro atoms. The third-order valence-corrected chi connectivity index (χ3v) is 4.29. The molecule has 4 amide bonds. The standard InChI is InChI=1S/C19H19ClN4O3/c1-12(25)21-14-3-2-4-15(9-14)22-19(27)23-16-10-18(26)24(11-16)17-7-5-13(20)6-8-17/h2-9,16H,10-11H2,1H3,(H,21,25)(H2,22,23,27). The monoisotopic (exact) mass is 386 g/mol. The van der Waals surface area contributed by atoms with Gasteiger partial charge in [0.2, 0.25) is 11.8 Å². The number of anilines is 3. The van der Waals surface area contributed by atoms with Crippen LogP contribution >= 0.6 is 11.6 Å². The summed E-state index contributed by atoms with van der Waals surface area (Å²) in [6, 6.07) is 13.1. The molecule has 2 aromatic carbocycles. The minimum atomic E-state index is -0.411. The van der Waals surface area contributed by atoms with Crippen LogP contribution in [0.1, 0.15) is 13.3 Å². The average Bonchev–Trinajstić information content (AvgIpc) is 2.95. The van der Waals surface area contributed by atoms with Crippen LogP contribution in [-0.2, 0) is 9.59 Å². The molecule has 1 unspecified atom stereocenters. The number of benzene rings is 2. The van der Waals surface area contributed by atoms with Crippen molar-refractivity contribution < 1.29 is 14.4 Å². The fraction of sp³-hybridized carbons (Fsp3) is 0.211. The van der Waals surface area contributed by atoms with Gasteiger partial charge < -0.3 is 20.9 Å². The van der Waals surface area contributed by atoms with E-state index in [1.54, 1.807) is 53.4 Å². The number of nitrogens with one attached hydrogen (secondary N) is 3.